The van der Waals surface area contributed by atoms with Crippen LogP contribution < -0.4 is 4.74 Å². The summed E-state index contributed by atoms with van der Waals surface area (Å²) in [5.74, 6) is -0.0885. The summed E-state index contributed by atoms with van der Waals surface area (Å²) in [6, 6.07) is 19.8. The third-order valence-corrected chi connectivity index (χ3v) is 4.93. The smallest absolute Gasteiger partial charge is 0.348 e. The van der Waals surface area contributed by atoms with Gasteiger partial charge in [-0.25, -0.2) is 4.79 Å². The standard InChI is InChI=1S/C25H20N4O4/c1-16-11-19(24(30)23(12-16)29-27-21-5-3-4-6-22(21)28-29)15-33-20-9-7-17(8-10-20)13-18(14-26)25(31)32-2/h3-13,30H,15H2,1-2H3/b18-13+. The highest BCUT2D eigenvalue weighted by Gasteiger charge is 2.14. The lowest BCUT2D eigenvalue weighted by atomic mass is 10.1. The lowest BCUT2D eigenvalue weighted by Crippen LogP contribution is -2.04. The average Bonchev–Trinajstić information content (AvgIpc) is 3.27. The number of aromatic hydroxyl groups is 1. The lowest BCUT2D eigenvalue weighted by molar-refractivity contribution is -0.135. The van der Waals surface area contributed by atoms with Crippen LogP contribution in [0.3, 0.4) is 0 Å². The van der Waals surface area contributed by atoms with Crippen LogP contribution in [0.15, 0.2) is 66.2 Å². The summed E-state index contributed by atoms with van der Waals surface area (Å²) in [6.07, 6.45) is 1.44. The lowest BCUT2D eigenvalue weighted by Gasteiger charge is -2.12. The van der Waals surface area contributed by atoms with Crippen LogP contribution >= 0.6 is 0 Å². The number of hydrogen-bond donors (Lipinski definition) is 1. The molecule has 0 radical (unpaired) electrons. The molecule has 4 aromatic rings. The largest absolute Gasteiger partial charge is 0.505 e. The fourth-order valence-corrected chi connectivity index (χ4v) is 3.30. The Hall–Kier alpha value is -4.64. The van der Waals surface area contributed by atoms with E-state index in [4.69, 9.17) is 10.00 Å². The van der Waals surface area contributed by atoms with E-state index >= 15 is 0 Å². The van der Waals surface area contributed by atoms with Crippen LogP contribution in [0.25, 0.3) is 22.8 Å². The maximum atomic E-state index is 11.5. The number of methoxy groups -OCH3 is 1. The van der Waals surface area contributed by atoms with E-state index in [-0.39, 0.29) is 17.9 Å². The summed E-state index contributed by atoms with van der Waals surface area (Å²) < 4.78 is 10.4. The number of aromatic nitrogens is 3. The fraction of sp³-hybridized carbons (Fsp3) is 0.120. The third kappa shape index (κ3) is 4.67. The summed E-state index contributed by atoms with van der Waals surface area (Å²) in [5, 5.41) is 28.8. The highest BCUT2D eigenvalue weighted by Crippen LogP contribution is 2.29. The quantitative estimate of drug-likeness (QED) is 0.273. The van der Waals surface area contributed by atoms with Crippen LogP contribution in [0.2, 0.25) is 0 Å². The van der Waals surface area contributed by atoms with Gasteiger partial charge in [0, 0.05) is 5.56 Å². The summed E-state index contributed by atoms with van der Waals surface area (Å²) in [6.45, 7) is 2.05. The van der Waals surface area contributed by atoms with Gasteiger partial charge in [0.1, 0.15) is 46.5 Å². The Kier molecular flexibility index (Phi) is 6.04. The molecule has 0 aliphatic carbocycles. The number of ether oxygens (including phenoxy) is 2. The van der Waals surface area contributed by atoms with E-state index in [0.717, 1.165) is 16.6 Å². The molecule has 1 aromatic heterocycles. The molecule has 1 N–H and O–H groups in total. The van der Waals surface area contributed by atoms with Gasteiger partial charge in [-0.1, -0.05) is 24.3 Å². The molecule has 0 saturated carbocycles. The molecule has 0 aliphatic rings. The van der Waals surface area contributed by atoms with Gasteiger partial charge in [0.05, 0.1) is 7.11 Å². The zero-order chi connectivity index (χ0) is 23.4. The number of benzene rings is 3. The van der Waals surface area contributed by atoms with Crippen molar-refractivity contribution in [1.82, 2.24) is 15.0 Å². The predicted molar refractivity (Wildman–Crippen MR) is 122 cm³/mol. The van der Waals surface area contributed by atoms with Gasteiger partial charge in [0.15, 0.2) is 0 Å². The molecule has 0 amide bonds. The van der Waals surface area contributed by atoms with Crippen LogP contribution in [-0.2, 0) is 16.1 Å². The van der Waals surface area contributed by atoms with Crippen molar-refractivity contribution < 1.29 is 19.4 Å². The normalized spacial score (nSPS) is 11.2. The number of carbonyl (C=O) groups excluding carboxylic acids is 1. The number of rotatable bonds is 6. The van der Waals surface area contributed by atoms with E-state index in [1.807, 2.05) is 49.4 Å². The first kappa shape index (κ1) is 21.6. The number of nitrogens with zero attached hydrogens (tertiary/aromatic N) is 4. The minimum atomic E-state index is -0.692. The molecular formula is C25H20N4O4. The van der Waals surface area contributed by atoms with Gasteiger partial charge in [0.2, 0.25) is 0 Å². The van der Waals surface area contributed by atoms with Gasteiger partial charge >= 0.3 is 5.97 Å². The van der Waals surface area contributed by atoms with Crippen molar-refractivity contribution in [3.05, 3.63) is 82.9 Å². The number of aryl methyl sites for hydroxylation is 1. The van der Waals surface area contributed by atoms with Gasteiger partial charge in [-0.15, -0.1) is 15.0 Å². The maximum absolute atomic E-state index is 11.5. The summed E-state index contributed by atoms with van der Waals surface area (Å²) in [4.78, 5) is 13.0. The molecule has 0 spiro atoms. The first-order valence-corrected chi connectivity index (χ1v) is 10.1. The van der Waals surface area contributed by atoms with Crippen LogP contribution in [0.5, 0.6) is 11.5 Å². The van der Waals surface area contributed by atoms with Crippen molar-refractivity contribution in [2.75, 3.05) is 7.11 Å². The van der Waals surface area contributed by atoms with Crippen molar-refractivity contribution in [2.24, 2.45) is 0 Å². The Bertz CT molecular complexity index is 1370. The molecule has 8 heteroatoms. The van der Waals surface area contributed by atoms with Gasteiger partial charge in [-0.05, 0) is 60.5 Å². The molecule has 8 nitrogen and oxygen atoms in total. The number of hydrogen-bond acceptors (Lipinski definition) is 7. The molecule has 1 heterocycles. The zero-order valence-corrected chi connectivity index (χ0v) is 18.0. The van der Waals surface area contributed by atoms with Crippen molar-refractivity contribution >= 4 is 23.1 Å². The first-order chi connectivity index (χ1) is 16.0. The third-order valence-electron chi connectivity index (χ3n) is 4.93. The Balaban J connectivity index is 1.54. The van der Waals surface area contributed by atoms with Gasteiger partial charge in [0.25, 0.3) is 0 Å². The van der Waals surface area contributed by atoms with Crippen LogP contribution in [0, 0.1) is 18.3 Å². The van der Waals surface area contributed by atoms with E-state index in [2.05, 4.69) is 14.9 Å². The van der Waals surface area contributed by atoms with Gasteiger partial charge in [-0.2, -0.15) is 5.26 Å². The molecule has 0 unspecified atom stereocenters. The molecule has 0 fully saturated rings. The molecule has 3 aromatic carbocycles. The number of fused-ring (bicyclic) bond motifs is 1. The molecule has 4 rings (SSSR count). The van der Waals surface area contributed by atoms with E-state index in [1.165, 1.54) is 18.0 Å². The minimum Gasteiger partial charge on any atom is -0.505 e. The summed E-state index contributed by atoms with van der Waals surface area (Å²) in [5.41, 5.74) is 4.01. The monoisotopic (exact) mass is 440 g/mol. The van der Waals surface area contributed by atoms with Crippen molar-refractivity contribution in [1.29, 1.82) is 5.26 Å². The number of carbonyl (C=O) groups is 1. The highest BCUT2D eigenvalue weighted by atomic mass is 16.5. The molecule has 0 bridgehead atoms. The molecular weight excluding hydrogens is 420 g/mol. The molecule has 33 heavy (non-hydrogen) atoms. The molecule has 0 atom stereocenters. The second-order valence-corrected chi connectivity index (χ2v) is 7.29. The Labute approximate surface area is 189 Å². The Morgan fingerprint density at radius 3 is 2.39 bits per heavy atom. The molecule has 0 saturated heterocycles. The van der Waals surface area contributed by atoms with Crippen LogP contribution in [-0.4, -0.2) is 33.2 Å². The number of nitriles is 1. The second-order valence-electron chi connectivity index (χ2n) is 7.29. The maximum Gasteiger partial charge on any atom is 0.348 e. The topological polar surface area (TPSA) is 110 Å². The number of esters is 1. The van der Waals surface area contributed by atoms with Crippen LogP contribution in [0.4, 0.5) is 0 Å². The average molecular weight is 440 g/mol. The minimum absolute atomic E-state index is 0.0391. The SMILES string of the molecule is COC(=O)/C(C#N)=C/c1ccc(OCc2cc(C)cc(-n3nc4ccccc4n3)c2O)cc1. The first-order valence-electron chi connectivity index (χ1n) is 10.1. The van der Waals surface area contributed by atoms with E-state index in [0.29, 0.717) is 22.6 Å². The van der Waals surface area contributed by atoms with Gasteiger partial charge in [-0.3, -0.25) is 0 Å². The predicted octanol–water partition coefficient (Wildman–Crippen LogP) is 4.09. The Morgan fingerprint density at radius 1 is 1.12 bits per heavy atom. The van der Waals surface area contributed by atoms with Crippen molar-refractivity contribution in [3.63, 3.8) is 0 Å². The molecule has 0 aliphatic heterocycles. The highest BCUT2D eigenvalue weighted by molar-refractivity contribution is 5.97. The zero-order valence-electron chi connectivity index (χ0n) is 18.0. The fourth-order valence-electron chi connectivity index (χ4n) is 3.30. The summed E-state index contributed by atoms with van der Waals surface area (Å²) in [7, 11) is 1.22. The summed E-state index contributed by atoms with van der Waals surface area (Å²) >= 11 is 0. The van der Waals surface area contributed by atoms with Gasteiger partial charge < -0.3 is 14.6 Å². The van der Waals surface area contributed by atoms with Crippen LogP contribution in [0.1, 0.15) is 16.7 Å². The van der Waals surface area contributed by atoms with E-state index < -0.39 is 5.97 Å². The van der Waals surface area contributed by atoms with E-state index in [1.54, 1.807) is 24.3 Å². The number of phenolic OH excluding ortho intramolecular Hbond substituents is 1. The number of phenols is 1. The Morgan fingerprint density at radius 2 is 1.79 bits per heavy atom. The van der Waals surface area contributed by atoms with Crippen molar-refractivity contribution in [3.8, 4) is 23.3 Å². The van der Waals surface area contributed by atoms with E-state index in [9.17, 15) is 9.90 Å². The van der Waals surface area contributed by atoms with Crippen molar-refractivity contribution in [2.45, 2.75) is 13.5 Å². The second kappa shape index (κ2) is 9.24. The molecule has 164 valence electrons.